The van der Waals surface area contributed by atoms with Crippen molar-refractivity contribution < 1.29 is 18.0 Å². The highest BCUT2D eigenvalue weighted by atomic mass is 19.4. The summed E-state index contributed by atoms with van der Waals surface area (Å²) in [6.07, 6.45) is -3.89. The summed E-state index contributed by atoms with van der Waals surface area (Å²) in [5, 5.41) is 6.67. The highest BCUT2D eigenvalue weighted by Gasteiger charge is 2.30. The maximum Gasteiger partial charge on any atom is 0.416 e. The van der Waals surface area contributed by atoms with Crippen LogP contribution in [-0.2, 0) is 12.7 Å². The molecule has 0 unspecified atom stereocenters. The molecule has 0 saturated carbocycles. The second-order valence-corrected chi connectivity index (χ2v) is 7.75. The van der Waals surface area contributed by atoms with Crippen molar-refractivity contribution in [2.24, 2.45) is 0 Å². The number of alkyl halides is 3. The fourth-order valence-corrected chi connectivity index (χ4v) is 3.03. The van der Waals surface area contributed by atoms with Gasteiger partial charge in [0.2, 0.25) is 5.69 Å². The molecule has 1 amide bonds. The van der Waals surface area contributed by atoms with Crippen LogP contribution in [0.1, 0.15) is 47.4 Å². The van der Waals surface area contributed by atoms with Gasteiger partial charge >= 0.3 is 11.9 Å². The minimum Gasteiger partial charge on any atom is -0.348 e. The third kappa shape index (κ3) is 5.39. The molecule has 174 valence electrons. The molecule has 0 saturated heterocycles. The fraction of sp³-hybridized carbons (Fsp3) is 0.304. The van der Waals surface area contributed by atoms with Crippen molar-refractivity contribution in [3.63, 3.8) is 0 Å². The zero-order valence-corrected chi connectivity index (χ0v) is 18.3. The number of aryl methyl sites for hydroxylation is 1. The van der Waals surface area contributed by atoms with Crippen molar-refractivity contribution in [2.75, 3.05) is 0 Å². The van der Waals surface area contributed by atoms with Crippen LogP contribution in [0, 0.1) is 6.92 Å². The first-order valence-corrected chi connectivity index (χ1v) is 10.3. The van der Waals surface area contributed by atoms with Gasteiger partial charge in [0.1, 0.15) is 0 Å². The van der Waals surface area contributed by atoms with Crippen molar-refractivity contribution in [2.45, 2.75) is 46.0 Å². The van der Waals surface area contributed by atoms with Crippen molar-refractivity contribution in [3.8, 4) is 5.69 Å². The molecule has 0 radical (unpaired) electrons. The van der Waals surface area contributed by atoms with E-state index in [-0.39, 0.29) is 18.2 Å². The number of carbonyl (C=O) groups is 1. The molecule has 1 aromatic heterocycles. The smallest absolute Gasteiger partial charge is 0.348 e. The summed E-state index contributed by atoms with van der Waals surface area (Å²) in [6.45, 7) is 5.15. The van der Waals surface area contributed by atoms with E-state index in [1.54, 1.807) is 31.2 Å². The number of rotatable bonds is 6. The van der Waals surface area contributed by atoms with E-state index in [1.807, 2.05) is 13.8 Å². The largest absolute Gasteiger partial charge is 0.416 e. The highest BCUT2D eigenvalue weighted by Crippen LogP contribution is 2.29. The van der Waals surface area contributed by atoms with Gasteiger partial charge in [-0.15, -0.1) is 0 Å². The van der Waals surface area contributed by atoms with Crippen LogP contribution in [0.4, 0.5) is 13.2 Å². The van der Waals surface area contributed by atoms with Crippen molar-refractivity contribution in [3.05, 3.63) is 91.8 Å². The van der Waals surface area contributed by atoms with E-state index < -0.39 is 34.6 Å². The van der Waals surface area contributed by atoms with Crippen molar-refractivity contribution >= 4 is 5.91 Å². The number of benzene rings is 2. The Balaban J connectivity index is 2.13. The molecule has 0 aliphatic heterocycles. The Morgan fingerprint density at radius 2 is 1.67 bits per heavy atom. The van der Waals surface area contributed by atoms with E-state index >= 15 is 0 Å². The lowest BCUT2D eigenvalue weighted by Crippen LogP contribution is -2.47. The highest BCUT2D eigenvalue weighted by molar-refractivity contribution is 5.91. The number of nitrogens with zero attached hydrogens (tertiary/aromatic N) is 3. The van der Waals surface area contributed by atoms with Crippen LogP contribution >= 0.6 is 0 Å². The maximum atomic E-state index is 13.1. The number of halogens is 3. The Hall–Kier alpha value is -3.69. The zero-order valence-electron chi connectivity index (χ0n) is 18.3. The Morgan fingerprint density at radius 1 is 1.06 bits per heavy atom. The SMILES string of the molecule is CC[C@H](C)NC(=O)c1nn(-c2ccc(C)cc2)c(=O)n(Cc2ccc(C(F)(F)F)cc2)c1=O. The summed E-state index contributed by atoms with van der Waals surface area (Å²) >= 11 is 0. The number of carbonyl (C=O) groups excluding carboxylic acids is 1. The first kappa shape index (κ1) is 24.0. The first-order chi connectivity index (χ1) is 15.5. The average molecular weight is 460 g/mol. The van der Waals surface area contributed by atoms with E-state index in [2.05, 4.69) is 10.4 Å². The van der Waals surface area contributed by atoms with Gasteiger partial charge in [0, 0.05) is 6.04 Å². The van der Waals surface area contributed by atoms with E-state index in [0.717, 1.165) is 26.9 Å². The van der Waals surface area contributed by atoms with Crippen molar-refractivity contribution in [1.82, 2.24) is 19.7 Å². The molecule has 2 aromatic carbocycles. The summed E-state index contributed by atoms with van der Waals surface area (Å²) in [5.41, 5.74) is -1.52. The molecule has 33 heavy (non-hydrogen) atoms. The predicted molar refractivity (Wildman–Crippen MR) is 117 cm³/mol. The first-order valence-electron chi connectivity index (χ1n) is 10.3. The molecule has 0 aliphatic rings. The average Bonchev–Trinajstić information content (AvgIpc) is 2.77. The second kappa shape index (κ2) is 9.43. The van der Waals surface area contributed by atoms with Gasteiger partial charge in [-0.3, -0.25) is 14.2 Å². The lowest BCUT2D eigenvalue weighted by atomic mass is 10.1. The molecule has 0 bridgehead atoms. The molecule has 0 aliphatic carbocycles. The van der Waals surface area contributed by atoms with Gasteiger partial charge in [0.25, 0.3) is 11.5 Å². The predicted octanol–water partition coefficient (Wildman–Crippen LogP) is 3.30. The minimum atomic E-state index is -4.51. The topological polar surface area (TPSA) is 86.0 Å². The molecule has 10 heteroatoms. The summed E-state index contributed by atoms with van der Waals surface area (Å²) < 4.78 is 40.3. The summed E-state index contributed by atoms with van der Waals surface area (Å²) in [4.78, 5) is 38.8. The molecular weight excluding hydrogens is 437 g/mol. The van der Waals surface area contributed by atoms with Crippen LogP contribution in [0.2, 0.25) is 0 Å². The molecule has 0 fully saturated rings. The van der Waals surface area contributed by atoms with Gasteiger partial charge < -0.3 is 5.32 Å². The lowest BCUT2D eigenvalue weighted by molar-refractivity contribution is -0.137. The Bertz CT molecular complexity index is 1260. The number of hydrogen-bond acceptors (Lipinski definition) is 4. The lowest BCUT2D eigenvalue weighted by Gasteiger charge is -2.14. The van der Waals surface area contributed by atoms with E-state index in [9.17, 15) is 27.6 Å². The van der Waals surface area contributed by atoms with Crippen LogP contribution < -0.4 is 16.6 Å². The fourth-order valence-electron chi connectivity index (χ4n) is 3.03. The summed E-state index contributed by atoms with van der Waals surface area (Å²) in [7, 11) is 0. The van der Waals surface area contributed by atoms with Crippen molar-refractivity contribution in [1.29, 1.82) is 0 Å². The number of aromatic nitrogens is 3. The minimum absolute atomic E-state index is 0.234. The van der Waals surface area contributed by atoms with Crippen LogP contribution in [0.15, 0.2) is 58.1 Å². The molecule has 7 nitrogen and oxygen atoms in total. The van der Waals surface area contributed by atoms with E-state index in [1.165, 1.54) is 12.1 Å². The third-order valence-corrected chi connectivity index (χ3v) is 5.17. The molecule has 1 atom stereocenters. The van der Waals surface area contributed by atoms with Crippen LogP contribution in [-0.4, -0.2) is 26.3 Å². The molecule has 1 heterocycles. The van der Waals surface area contributed by atoms with Crippen LogP contribution in [0.5, 0.6) is 0 Å². The molecular formula is C23H23F3N4O3. The maximum absolute atomic E-state index is 13.1. The summed E-state index contributed by atoms with van der Waals surface area (Å²) in [6, 6.07) is 10.6. The molecule has 3 rings (SSSR count). The van der Waals surface area contributed by atoms with Gasteiger partial charge in [0.05, 0.1) is 17.8 Å². The number of nitrogens with one attached hydrogen (secondary N) is 1. The quantitative estimate of drug-likeness (QED) is 0.612. The zero-order chi connectivity index (χ0) is 24.3. The van der Waals surface area contributed by atoms with Gasteiger partial charge in [-0.1, -0.05) is 36.8 Å². The number of hydrogen-bond donors (Lipinski definition) is 1. The van der Waals surface area contributed by atoms with Gasteiger partial charge in [-0.25, -0.2) is 4.79 Å². The van der Waals surface area contributed by atoms with E-state index in [0.29, 0.717) is 12.1 Å². The van der Waals surface area contributed by atoms with Gasteiger partial charge in [-0.05, 0) is 50.1 Å². The monoisotopic (exact) mass is 460 g/mol. The number of amides is 1. The summed E-state index contributed by atoms with van der Waals surface area (Å²) in [5.74, 6) is -0.739. The second-order valence-electron chi connectivity index (χ2n) is 7.75. The Kier molecular flexibility index (Phi) is 6.85. The van der Waals surface area contributed by atoms with E-state index in [4.69, 9.17) is 0 Å². The van der Waals surface area contributed by atoms with Crippen LogP contribution in [0.3, 0.4) is 0 Å². The standard InChI is InChI=1S/C23H23F3N4O3/c1-4-15(3)27-20(31)19-21(32)29(13-16-7-9-17(10-8-16)23(24,25)26)22(33)30(28-19)18-11-5-14(2)6-12-18/h5-12,15H,4,13H2,1-3H3,(H,27,31)/t15-/m0/s1. The Morgan fingerprint density at radius 3 is 2.21 bits per heavy atom. The molecule has 3 aromatic rings. The Labute approximate surface area is 187 Å². The normalized spacial score (nSPS) is 12.4. The van der Waals surface area contributed by atoms with Gasteiger partial charge in [-0.2, -0.15) is 23.0 Å². The molecule has 0 spiro atoms. The van der Waals surface area contributed by atoms with Gasteiger partial charge in [0.15, 0.2) is 0 Å². The molecule has 1 N–H and O–H groups in total. The van der Waals surface area contributed by atoms with Crippen LogP contribution in [0.25, 0.3) is 5.69 Å². The third-order valence-electron chi connectivity index (χ3n) is 5.17.